The van der Waals surface area contributed by atoms with Gasteiger partial charge in [-0.15, -0.1) is 0 Å². The highest BCUT2D eigenvalue weighted by Crippen LogP contribution is 2.37. The van der Waals surface area contributed by atoms with Crippen molar-refractivity contribution in [3.8, 4) is 0 Å². The highest BCUT2D eigenvalue weighted by molar-refractivity contribution is 6.31. The second-order valence-corrected chi connectivity index (χ2v) is 5.27. The van der Waals surface area contributed by atoms with Crippen LogP contribution in [0.4, 0.5) is 15.8 Å². The molecule has 1 unspecified atom stereocenters. The molecule has 0 spiro atoms. The van der Waals surface area contributed by atoms with Crippen LogP contribution in [0.3, 0.4) is 0 Å². The minimum Gasteiger partial charge on any atom is -0.381 e. The molecule has 4 heteroatoms. The van der Waals surface area contributed by atoms with E-state index in [2.05, 4.69) is 10.2 Å². The number of halogens is 2. The van der Waals surface area contributed by atoms with E-state index in [1.165, 1.54) is 31.7 Å². The second-order valence-electron chi connectivity index (χ2n) is 4.86. The molecule has 0 bridgehead atoms. The van der Waals surface area contributed by atoms with E-state index >= 15 is 0 Å². The largest absolute Gasteiger partial charge is 0.381 e. The molecule has 1 fully saturated rings. The molecule has 0 amide bonds. The predicted octanol–water partition coefficient (Wildman–Crippen LogP) is 3.65. The fourth-order valence-electron chi connectivity index (χ4n) is 2.85. The SMILES string of the molecule is Fc1cc2c(cc1Cl)N1CCCCCC1CN2. The van der Waals surface area contributed by atoms with Crippen LogP contribution in [-0.4, -0.2) is 19.1 Å². The summed E-state index contributed by atoms with van der Waals surface area (Å²) in [6, 6.07) is 3.81. The van der Waals surface area contributed by atoms with E-state index in [-0.39, 0.29) is 10.8 Å². The molecule has 1 N–H and O–H groups in total. The lowest BCUT2D eigenvalue weighted by atomic mass is 10.1. The van der Waals surface area contributed by atoms with Gasteiger partial charge in [-0.1, -0.05) is 24.4 Å². The molecule has 1 aromatic rings. The number of nitrogens with zero attached hydrogens (tertiary/aromatic N) is 1. The molecule has 0 aromatic heterocycles. The summed E-state index contributed by atoms with van der Waals surface area (Å²) in [6.45, 7) is 1.97. The number of fused-ring (bicyclic) bond motifs is 3. The van der Waals surface area contributed by atoms with E-state index in [1.54, 1.807) is 6.07 Å². The average Bonchev–Trinajstić information content (AvgIpc) is 2.56. The van der Waals surface area contributed by atoms with Crippen molar-refractivity contribution in [1.82, 2.24) is 0 Å². The summed E-state index contributed by atoms with van der Waals surface area (Å²) >= 11 is 5.89. The Hall–Kier alpha value is -0.960. The lowest BCUT2D eigenvalue weighted by molar-refractivity contribution is 0.579. The predicted molar refractivity (Wildman–Crippen MR) is 69.5 cm³/mol. The smallest absolute Gasteiger partial charge is 0.143 e. The molecule has 2 heterocycles. The van der Waals surface area contributed by atoms with Crippen LogP contribution in [0.1, 0.15) is 25.7 Å². The molecule has 3 rings (SSSR count). The topological polar surface area (TPSA) is 15.3 Å². The number of anilines is 2. The van der Waals surface area contributed by atoms with E-state index in [9.17, 15) is 4.39 Å². The Labute approximate surface area is 106 Å². The third kappa shape index (κ3) is 1.97. The summed E-state index contributed by atoms with van der Waals surface area (Å²) in [5, 5.41) is 3.54. The standard InChI is InChI=1S/C13H16ClFN2/c14-10-6-13-12(7-11(10)15)16-8-9-4-2-1-3-5-17(9)13/h6-7,9,16H,1-5,8H2. The Balaban J connectivity index is 2.01. The van der Waals surface area contributed by atoms with Crippen LogP contribution in [0.15, 0.2) is 12.1 Å². The zero-order valence-electron chi connectivity index (χ0n) is 9.68. The Morgan fingerprint density at radius 2 is 2.18 bits per heavy atom. The fourth-order valence-corrected chi connectivity index (χ4v) is 3.01. The van der Waals surface area contributed by atoms with Crippen LogP contribution in [0, 0.1) is 5.82 Å². The third-order valence-corrected chi connectivity index (χ3v) is 4.04. The summed E-state index contributed by atoms with van der Waals surface area (Å²) < 4.78 is 13.4. The molecule has 92 valence electrons. The molecule has 2 nitrogen and oxygen atoms in total. The van der Waals surface area contributed by atoms with Crippen molar-refractivity contribution in [3.63, 3.8) is 0 Å². The Bertz CT molecular complexity index is 436. The molecular weight excluding hydrogens is 239 g/mol. The lowest BCUT2D eigenvalue weighted by Crippen LogP contribution is -2.43. The van der Waals surface area contributed by atoms with Gasteiger partial charge in [0.25, 0.3) is 0 Å². The molecule has 17 heavy (non-hydrogen) atoms. The van der Waals surface area contributed by atoms with Crippen LogP contribution in [0.25, 0.3) is 0 Å². The first-order valence-electron chi connectivity index (χ1n) is 6.25. The van der Waals surface area contributed by atoms with Crippen molar-refractivity contribution in [1.29, 1.82) is 0 Å². The normalized spacial score (nSPS) is 23.4. The third-order valence-electron chi connectivity index (χ3n) is 3.75. The molecule has 1 saturated heterocycles. The van der Waals surface area contributed by atoms with Gasteiger partial charge in [0.15, 0.2) is 0 Å². The number of nitrogens with one attached hydrogen (secondary N) is 1. The quantitative estimate of drug-likeness (QED) is 0.760. The van der Waals surface area contributed by atoms with E-state index < -0.39 is 0 Å². The van der Waals surface area contributed by atoms with E-state index in [0.717, 1.165) is 24.5 Å². The highest BCUT2D eigenvalue weighted by atomic mass is 35.5. The van der Waals surface area contributed by atoms with Crippen LogP contribution < -0.4 is 10.2 Å². The maximum Gasteiger partial charge on any atom is 0.143 e. The second kappa shape index (κ2) is 4.37. The van der Waals surface area contributed by atoms with Crippen molar-refractivity contribution in [2.24, 2.45) is 0 Å². The fraction of sp³-hybridized carbons (Fsp3) is 0.538. The Morgan fingerprint density at radius 1 is 1.29 bits per heavy atom. The molecule has 1 aromatic carbocycles. The van der Waals surface area contributed by atoms with Crippen LogP contribution in [-0.2, 0) is 0 Å². The summed E-state index contributed by atoms with van der Waals surface area (Å²) in [7, 11) is 0. The van der Waals surface area contributed by atoms with E-state index in [1.807, 2.05) is 0 Å². The van der Waals surface area contributed by atoms with Gasteiger partial charge in [-0.05, 0) is 18.9 Å². The van der Waals surface area contributed by atoms with Crippen molar-refractivity contribution in [3.05, 3.63) is 23.0 Å². The van der Waals surface area contributed by atoms with Gasteiger partial charge in [0.2, 0.25) is 0 Å². The van der Waals surface area contributed by atoms with Crippen LogP contribution in [0.5, 0.6) is 0 Å². The van der Waals surface area contributed by atoms with Crippen molar-refractivity contribution < 1.29 is 4.39 Å². The van der Waals surface area contributed by atoms with Crippen LogP contribution >= 0.6 is 11.6 Å². The first-order chi connectivity index (χ1) is 8.25. The Kier molecular flexibility index (Phi) is 2.87. The van der Waals surface area contributed by atoms with Gasteiger partial charge in [-0.2, -0.15) is 0 Å². The minimum atomic E-state index is -0.341. The molecule has 0 radical (unpaired) electrons. The number of benzene rings is 1. The van der Waals surface area contributed by atoms with Gasteiger partial charge in [-0.25, -0.2) is 4.39 Å². The molecular formula is C13H16ClFN2. The number of hydrogen-bond donors (Lipinski definition) is 1. The summed E-state index contributed by atoms with van der Waals surface area (Å²) in [5.74, 6) is -0.341. The zero-order valence-corrected chi connectivity index (χ0v) is 10.4. The molecule has 0 saturated carbocycles. The maximum absolute atomic E-state index is 13.4. The minimum absolute atomic E-state index is 0.218. The van der Waals surface area contributed by atoms with Gasteiger partial charge in [0.1, 0.15) is 5.82 Å². The molecule has 0 aliphatic carbocycles. The first-order valence-corrected chi connectivity index (χ1v) is 6.63. The van der Waals surface area contributed by atoms with Crippen molar-refractivity contribution >= 4 is 23.0 Å². The average molecular weight is 255 g/mol. The van der Waals surface area contributed by atoms with E-state index in [4.69, 9.17) is 11.6 Å². The lowest BCUT2D eigenvalue weighted by Gasteiger charge is -2.38. The van der Waals surface area contributed by atoms with E-state index in [0.29, 0.717) is 6.04 Å². The number of hydrogen-bond acceptors (Lipinski definition) is 2. The monoisotopic (exact) mass is 254 g/mol. The Morgan fingerprint density at radius 3 is 3.06 bits per heavy atom. The maximum atomic E-state index is 13.4. The van der Waals surface area contributed by atoms with Crippen molar-refractivity contribution in [2.75, 3.05) is 23.3 Å². The molecule has 1 atom stereocenters. The van der Waals surface area contributed by atoms with Gasteiger partial charge in [0, 0.05) is 25.2 Å². The van der Waals surface area contributed by atoms with Gasteiger partial charge < -0.3 is 10.2 Å². The summed E-state index contributed by atoms with van der Waals surface area (Å²) in [5.41, 5.74) is 1.94. The number of rotatable bonds is 0. The van der Waals surface area contributed by atoms with Gasteiger partial charge in [0.05, 0.1) is 16.4 Å². The summed E-state index contributed by atoms with van der Waals surface area (Å²) in [4.78, 5) is 2.39. The van der Waals surface area contributed by atoms with Gasteiger partial charge in [-0.3, -0.25) is 0 Å². The highest BCUT2D eigenvalue weighted by Gasteiger charge is 2.28. The molecule has 2 aliphatic rings. The van der Waals surface area contributed by atoms with Crippen molar-refractivity contribution in [2.45, 2.75) is 31.7 Å². The first kappa shape index (κ1) is 11.1. The molecule has 2 aliphatic heterocycles. The van der Waals surface area contributed by atoms with Gasteiger partial charge >= 0.3 is 0 Å². The van der Waals surface area contributed by atoms with Crippen LogP contribution in [0.2, 0.25) is 5.02 Å². The summed E-state index contributed by atoms with van der Waals surface area (Å²) in [6.07, 6.45) is 5.00. The zero-order chi connectivity index (χ0) is 11.8.